The van der Waals surface area contributed by atoms with E-state index in [0.29, 0.717) is 0 Å². The smallest absolute Gasteiger partial charge is 0.159 e. The predicted octanol–water partition coefficient (Wildman–Crippen LogP) is 16.5. The number of nitrogens with zero attached hydrogens (tertiary/aromatic N) is 1. The zero-order valence-electron chi connectivity index (χ0n) is 35.7. The van der Waals surface area contributed by atoms with Crippen LogP contribution in [0.5, 0.6) is 0 Å². The topological polar surface area (TPSA) is 16.4 Å². The highest BCUT2D eigenvalue weighted by molar-refractivity contribution is 6.18. The fourth-order valence-corrected chi connectivity index (χ4v) is 11.4. The number of para-hydroxylation sites is 1. The normalized spacial score (nSPS) is 14.0. The third kappa shape index (κ3) is 5.08. The van der Waals surface area contributed by atoms with Crippen LogP contribution < -0.4 is 4.90 Å². The van der Waals surface area contributed by atoms with Crippen molar-refractivity contribution in [2.45, 2.75) is 24.7 Å². The summed E-state index contributed by atoms with van der Waals surface area (Å²) in [6.07, 6.45) is 0. The van der Waals surface area contributed by atoms with Crippen molar-refractivity contribution in [2.75, 3.05) is 4.90 Å². The van der Waals surface area contributed by atoms with Gasteiger partial charge in [-0.25, -0.2) is 0 Å². The Hall–Kier alpha value is -7.94. The summed E-state index contributed by atoms with van der Waals surface area (Å²) in [7, 11) is 0. The molecule has 2 aliphatic rings. The third-order valence-corrected chi connectivity index (χ3v) is 14.4. The Morgan fingerprint density at radius 1 is 0.375 bits per heavy atom. The molecule has 11 aromatic rings. The SMILES string of the molecule is CC1(C)c2ccccc2-c2ccc(-c3ccc(N(c4cccc5c4-c4ccccc4C5(c4ccccc4)c4ccccc4)c4cccc5c4oc4c6ccccc6ccc54)cc3)cc21. The zero-order valence-corrected chi connectivity index (χ0v) is 35.7. The van der Waals surface area contributed by atoms with Crippen molar-refractivity contribution in [3.05, 3.63) is 258 Å². The first-order valence-electron chi connectivity index (χ1n) is 22.3. The van der Waals surface area contributed by atoms with E-state index in [4.69, 9.17) is 4.42 Å². The number of rotatable bonds is 6. The van der Waals surface area contributed by atoms with Gasteiger partial charge in [-0.3, -0.25) is 0 Å². The summed E-state index contributed by atoms with van der Waals surface area (Å²) in [5, 5.41) is 4.49. The van der Waals surface area contributed by atoms with Crippen LogP contribution in [0.2, 0.25) is 0 Å². The molecule has 0 saturated carbocycles. The molecule has 13 rings (SSSR count). The van der Waals surface area contributed by atoms with Crippen molar-refractivity contribution < 1.29 is 4.42 Å². The molecular formula is C62H43NO. The predicted molar refractivity (Wildman–Crippen MR) is 266 cm³/mol. The van der Waals surface area contributed by atoms with E-state index in [-0.39, 0.29) is 5.41 Å². The quantitative estimate of drug-likeness (QED) is 0.166. The Balaban J connectivity index is 1.06. The molecule has 2 aliphatic carbocycles. The Kier molecular flexibility index (Phi) is 7.90. The van der Waals surface area contributed by atoms with E-state index in [9.17, 15) is 0 Å². The van der Waals surface area contributed by atoms with Gasteiger partial charge in [0.2, 0.25) is 0 Å². The fraction of sp³-hybridized carbons (Fsp3) is 0.0645. The zero-order chi connectivity index (χ0) is 42.6. The Morgan fingerprint density at radius 3 is 1.73 bits per heavy atom. The van der Waals surface area contributed by atoms with Gasteiger partial charge >= 0.3 is 0 Å². The summed E-state index contributed by atoms with van der Waals surface area (Å²) in [5.41, 5.74) is 19.6. The highest BCUT2D eigenvalue weighted by Crippen LogP contribution is 2.60. The van der Waals surface area contributed by atoms with E-state index in [2.05, 4.69) is 243 Å². The van der Waals surface area contributed by atoms with Crippen molar-refractivity contribution >= 4 is 49.8 Å². The summed E-state index contributed by atoms with van der Waals surface area (Å²) < 4.78 is 7.13. The van der Waals surface area contributed by atoms with Crippen LogP contribution in [0.1, 0.15) is 47.2 Å². The minimum absolute atomic E-state index is 0.0754. The number of fused-ring (bicyclic) bond motifs is 11. The van der Waals surface area contributed by atoms with Gasteiger partial charge in [-0.2, -0.15) is 0 Å². The lowest BCUT2D eigenvalue weighted by atomic mass is 9.68. The molecule has 1 heterocycles. The second-order valence-electron chi connectivity index (χ2n) is 18.0. The van der Waals surface area contributed by atoms with Gasteiger partial charge in [-0.15, -0.1) is 0 Å². The molecule has 0 fully saturated rings. The van der Waals surface area contributed by atoms with E-state index >= 15 is 0 Å². The van der Waals surface area contributed by atoms with Gasteiger partial charge in [0, 0.05) is 32.8 Å². The van der Waals surface area contributed by atoms with Crippen LogP contribution in [0.4, 0.5) is 17.1 Å². The molecule has 0 radical (unpaired) electrons. The molecular weight excluding hydrogens is 775 g/mol. The summed E-state index contributed by atoms with van der Waals surface area (Å²) in [6, 6.07) is 82.6. The molecule has 0 saturated heterocycles. The standard InChI is InChI=1S/C62H43NO/c1-61(2)52-26-13-11-23-47(52)48-37-34-42(39-55(48)61)40-31-35-45(36-32-40)63(57-30-15-25-49-50-38-33-41-17-9-10-22-46(41)59(50)64-60(49)57)56-29-16-28-54-58(56)51-24-12-14-27-53(51)62(54,43-18-5-3-6-19-43)44-20-7-4-8-21-44/h3-39H,1-2H3. The van der Waals surface area contributed by atoms with Crippen LogP contribution in [-0.4, -0.2) is 0 Å². The van der Waals surface area contributed by atoms with E-state index in [1.165, 1.54) is 66.8 Å². The molecule has 0 aliphatic heterocycles. The van der Waals surface area contributed by atoms with Crippen LogP contribution in [-0.2, 0) is 10.8 Å². The first-order chi connectivity index (χ1) is 31.5. The van der Waals surface area contributed by atoms with Crippen molar-refractivity contribution in [1.29, 1.82) is 0 Å². The summed E-state index contributed by atoms with van der Waals surface area (Å²) in [4.78, 5) is 2.45. The summed E-state index contributed by atoms with van der Waals surface area (Å²) >= 11 is 0. The van der Waals surface area contributed by atoms with Gasteiger partial charge in [0.25, 0.3) is 0 Å². The maximum Gasteiger partial charge on any atom is 0.159 e. The molecule has 0 unspecified atom stereocenters. The van der Waals surface area contributed by atoms with Gasteiger partial charge in [-0.05, 0) is 103 Å². The molecule has 64 heavy (non-hydrogen) atoms. The van der Waals surface area contributed by atoms with Crippen molar-refractivity contribution in [3.8, 4) is 33.4 Å². The highest BCUT2D eigenvalue weighted by atomic mass is 16.3. The number of hydrogen-bond acceptors (Lipinski definition) is 2. The summed E-state index contributed by atoms with van der Waals surface area (Å²) in [6.45, 7) is 4.70. The Bertz CT molecular complexity index is 3590. The number of furan rings is 1. The Labute approximate surface area is 373 Å². The van der Waals surface area contributed by atoms with Gasteiger partial charge < -0.3 is 9.32 Å². The van der Waals surface area contributed by atoms with Gasteiger partial charge in [-0.1, -0.05) is 202 Å². The fourth-order valence-electron chi connectivity index (χ4n) is 11.4. The first-order valence-corrected chi connectivity index (χ1v) is 22.3. The first kappa shape index (κ1) is 36.7. The van der Waals surface area contributed by atoms with E-state index < -0.39 is 5.41 Å². The van der Waals surface area contributed by atoms with Crippen molar-refractivity contribution in [2.24, 2.45) is 0 Å². The average molecular weight is 818 g/mol. The minimum Gasteiger partial charge on any atom is -0.453 e. The molecule has 0 amide bonds. The van der Waals surface area contributed by atoms with Crippen LogP contribution >= 0.6 is 0 Å². The van der Waals surface area contributed by atoms with Gasteiger partial charge in [0.15, 0.2) is 5.58 Å². The number of hydrogen-bond donors (Lipinski definition) is 0. The molecule has 0 N–H and O–H groups in total. The van der Waals surface area contributed by atoms with E-state index in [0.717, 1.165) is 49.8 Å². The molecule has 302 valence electrons. The van der Waals surface area contributed by atoms with Crippen LogP contribution in [0.3, 0.4) is 0 Å². The molecule has 10 aromatic carbocycles. The van der Waals surface area contributed by atoms with Crippen LogP contribution in [0.25, 0.3) is 66.1 Å². The van der Waals surface area contributed by atoms with Crippen molar-refractivity contribution in [3.63, 3.8) is 0 Å². The molecule has 0 spiro atoms. The molecule has 1 aromatic heterocycles. The lowest BCUT2D eigenvalue weighted by Crippen LogP contribution is -2.28. The Morgan fingerprint density at radius 2 is 0.953 bits per heavy atom. The molecule has 0 bridgehead atoms. The second kappa shape index (κ2) is 13.8. The lowest BCUT2D eigenvalue weighted by molar-refractivity contribution is 0.660. The molecule has 0 atom stereocenters. The number of benzene rings is 10. The van der Waals surface area contributed by atoms with Crippen LogP contribution in [0.15, 0.2) is 229 Å². The summed E-state index contributed by atoms with van der Waals surface area (Å²) in [5.74, 6) is 0. The average Bonchev–Trinajstić information content (AvgIpc) is 3.97. The van der Waals surface area contributed by atoms with Gasteiger partial charge in [0.1, 0.15) is 5.58 Å². The third-order valence-electron chi connectivity index (χ3n) is 14.4. The largest absolute Gasteiger partial charge is 0.453 e. The van der Waals surface area contributed by atoms with Crippen molar-refractivity contribution in [1.82, 2.24) is 0 Å². The highest BCUT2D eigenvalue weighted by Gasteiger charge is 2.47. The maximum atomic E-state index is 7.13. The van der Waals surface area contributed by atoms with E-state index in [1.54, 1.807) is 0 Å². The lowest BCUT2D eigenvalue weighted by Gasteiger charge is -2.34. The second-order valence-corrected chi connectivity index (χ2v) is 18.0. The maximum absolute atomic E-state index is 7.13. The molecule has 2 nitrogen and oxygen atoms in total. The number of anilines is 3. The van der Waals surface area contributed by atoms with E-state index in [1.807, 2.05) is 0 Å². The van der Waals surface area contributed by atoms with Crippen LogP contribution in [0, 0.1) is 0 Å². The minimum atomic E-state index is -0.536. The van der Waals surface area contributed by atoms with Gasteiger partial charge in [0.05, 0.1) is 16.8 Å². The monoisotopic (exact) mass is 817 g/mol. The molecule has 2 heteroatoms.